The molecule has 0 bridgehead atoms. The van der Waals surface area contributed by atoms with Crippen LogP contribution < -0.4 is 9.47 Å². The molecule has 0 amide bonds. The summed E-state index contributed by atoms with van der Waals surface area (Å²) in [4.78, 5) is 13.0. The van der Waals surface area contributed by atoms with E-state index in [4.69, 9.17) is 14.2 Å². The molecule has 2 aromatic carbocycles. The number of rotatable bonds is 10. The smallest absolute Gasteiger partial charge is 0.318 e. The van der Waals surface area contributed by atoms with Crippen molar-refractivity contribution in [2.45, 2.75) is 39.5 Å². The van der Waals surface area contributed by atoms with E-state index in [1.54, 1.807) is 12.1 Å². The fourth-order valence-electron chi connectivity index (χ4n) is 2.91. The van der Waals surface area contributed by atoms with Crippen LogP contribution in [0.15, 0.2) is 36.4 Å². The van der Waals surface area contributed by atoms with Crippen molar-refractivity contribution in [1.82, 2.24) is 0 Å². The Hall–Kier alpha value is -2.89. The van der Waals surface area contributed by atoms with E-state index in [-0.39, 0.29) is 11.5 Å². The molecule has 0 saturated heterocycles. The number of carbonyl (C=O) groups excluding carboxylic acids is 1. The molecule has 28 heavy (non-hydrogen) atoms. The molecule has 0 radical (unpaired) electrons. The lowest BCUT2D eigenvalue weighted by atomic mass is 9.89. The molecule has 6 heteroatoms. The third kappa shape index (κ3) is 5.31. The average molecular weight is 388 g/mol. The molecule has 0 heterocycles. The lowest BCUT2D eigenvalue weighted by Crippen LogP contribution is -2.20. The summed E-state index contributed by atoms with van der Waals surface area (Å²) >= 11 is 0. The number of phenolic OH excluding ortho intramolecular Hbond substituents is 2. The second-order valence-corrected chi connectivity index (χ2v) is 6.26. The van der Waals surface area contributed by atoms with Gasteiger partial charge in [-0.05, 0) is 32.4 Å². The maximum atomic E-state index is 13.0. The van der Waals surface area contributed by atoms with Crippen LogP contribution in [0, 0.1) is 0 Å². The molecule has 0 aliphatic rings. The summed E-state index contributed by atoms with van der Waals surface area (Å²) in [7, 11) is 0. The molecule has 0 saturated carbocycles. The van der Waals surface area contributed by atoms with Gasteiger partial charge in [-0.25, -0.2) is 0 Å². The van der Waals surface area contributed by atoms with Gasteiger partial charge in [0, 0.05) is 23.3 Å². The lowest BCUT2D eigenvalue weighted by molar-refractivity contribution is -0.144. The van der Waals surface area contributed by atoms with Gasteiger partial charge in [0.1, 0.15) is 28.9 Å². The molecule has 0 spiro atoms. The Bertz CT molecular complexity index is 731. The van der Waals surface area contributed by atoms with Crippen molar-refractivity contribution in [3.8, 4) is 23.0 Å². The summed E-state index contributed by atoms with van der Waals surface area (Å²) in [6, 6.07) is 9.26. The van der Waals surface area contributed by atoms with Gasteiger partial charge in [-0.3, -0.25) is 4.79 Å². The van der Waals surface area contributed by atoms with Crippen molar-refractivity contribution in [3.05, 3.63) is 47.5 Å². The standard InChI is InChI=1S/C22H28O6/c1-4-7-12-28-22(25)21(17-10-8-15(23)13-19(17)26-5-2)18-11-9-16(24)14-20(18)27-6-3/h8-11,13-14,21,23-24H,4-7,12H2,1-3H3. The summed E-state index contributed by atoms with van der Waals surface area (Å²) in [6.07, 6.45) is 1.67. The van der Waals surface area contributed by atoms with Gasteiger partial charge >= 0.3 is 5.97 Å². The number of hydrogen-bond donors (Lipinski definition) is 2. The van der Waals surface area contributed by atoms with Gasteiger partial charge < -0.3 is 24.4 Å². The Balaban J connectivity index is 2.57. The largest absolute Gasteiger partial charge is 0.508 e. The van der Waals surface area contributed by atoms with Crippen molar-refractivity contribution in [1.29, 1.82) is 0 Å². The maximum absolute atomic E-state index is 13.0. The summed E-state index contributed by atoms with van der Waals surface area (Å²) < 4.78 is 16.8. The Morgan fingerprint density at radius 3 is 1.82 bits per heavy atom. The Labute approximate surface area is 165 Å². The van der Waals surface area contributed by atoms with Crippen molar-refractivity contribution >= 4 is 5.97 Å². The van der Waals surface area contributed by atoms with E-state index >= 15 is 0 Å². The van der Waals surface area contributed by atoms with Gasteiger partial charge in [0.15, 0.2) is 0 Å². The van der Waals surface area contributed by atoms with Crippen LogP contribution in [0.2, 0.25) is 0 Å². The molecular weight excluding hydrogens is 360 g/mol. The molecule has 0 aromatic heterocycles. The molecule has 6 nitrogen and oxygen atoms in total. The van der Waals surface area contributed by atoms with Crippen LogP contribution in [0.5, 0.6) is 23.0 Å². The number of aromatic hydroxyl groups is 2. The zero-order valence-electron chi connectivity index (χ0n) is 16.6. The molecule has 0 atom stereocenters. The van der Waals surface area contributed by atoms with E-state index in [2.05, 4.69) is 0 Å². The normalized spacial score (nSPS) is 10.7. The SMILES string of the molecule is CCCCOC(=O)C(c1ccc(O)cc1OCC)c1ccc(O)cc1OCC. The maximum Gasteiger partial charge on any atom is 0.318 e. The van der Waals surface area contributed by atoms with E-state index in [1.807, 2.05) is 20.8 Å². The van der Waals surface area contributed by atoms with E-state index < -0.39 is 11.9 Å². The van der Waals surface area contributed by atoms with Crippen molar-refractivity contribution in [2.75, 3.05) is 19.8 Å². The highest BCUT2D eigenvalue weighted by Gasteiger charge is 2.30. The van der Waals surface area contributed by atoms with Gasteiger partial charge in [-0.2, -0.15) is 0 Å². The number of esters is 1. The molecule has 0 aliphatic carbocycles. The third-order valence-electron chi connectivity index (χ3n) is 4.19. The fraction of sp³-hybridized carbons (Fsp3) is 0.409. The molecule has 0 fully saturated rings. The topological polar surface area (TPSA) is 85.2 Å². The third-order valence-corrected chi connectivity index (χ3v) is 4.19. The highest BCUT2D eigenvalue weighted by molar-refractivity contribution is 5.84. The number of phenols is 2. The number of benzene rings is 2. The van der Waals surface area contributed by atoms with Gasteiger partial charge in [0.05, 0.1) is 19.8 Å². The summed E-state index contributed by atoms with van der Waals surface area (Å²) in [6.45, 7) is 6.74. The highest BCUT2D eigenvalue weighted by atomic mass is 16.5. The van der Waals surface area contributed by atoms with Crippen LogP contribution in [0.3, 0.4) is 0 Å². The molecule has 2 aromatic rings. The summed E-state index contributed by atoms with van der Waals surface area (Å²) in [5.74, 6) is -0.374. The van der Waals surface area contributed by atoms with Crippen LogP contribution >= 0.6 is 0 Å². The number of ether oxygens (including phenoxy) is 3. The van der Waals surface area contributed by atoms with Crippen molar-refractivity contribution < 1.29 is 29.2 Å². The van der Waals surface area contributed by atoms with Crippen LogP contribution in [0.25, 0.3) is 0 Å². The Morgan fingerprint density at radius 1 is 0.893 bits per heavy atom. The highest BCUT2D eigenvalue weighted by Crippen LogP contribution is 2.40. The molecule has 2 rings (SSSR count). The van der Waals surface area contributed by atoms with E-state index in [0.29, 0.717) is 42.4 Å². The predicted octanol–water partition coefficient (Wildman–Crippen LogP) is 4.37. The van der Waals surface area contributed by atoms with Crippen LogP contribution in [-0.2, 0) is 9.53 Å². The number of unbranched alkanes of at least 4 members (excludes halogenated alkanes) is 1. The van der Waals surface area contributed by atoms with E-state index in [1.165, 1.54) is 24.3 Å². The molecule has 0 aliphatic heterocycles. The average Bonchev–Trinajstić information content (AvgIpc) is 2.66. The second kappa shape index (κ2) is 10.4. The first kappa shape index (κ1) is 21.4. The van der Waals surface area contributed by atoms with E-state index in [0.717, 1.165) is 12.8 Å². The minimum absolute atomic E-state index is 0.0426. The molecule has 2 N–H and O–H groups in total. The first-order chi connectivity index (χ1) is 13.5. The minimum atomic E-state index is -0.818. The van der Waals surface area contributed by atoms with Crippen LogP contribution in [-0.4, -0.2) is 36.0 Å². The van der Waals surface area contributed by atoms with Crippen LogP contribution in [0.1, 0.15) is 50.7 Å². The first-order valence-electron chi connectivity index (χ1n) is 9.59. The second-order valence-electron chi connectivity index (χ2n) is 6.26. The van der Waals surface area contributed by atoms with Gasteiger partial charge in [0.2, 0.25) is 0 Å². The zero-order chi connectivity index (χ0) is 20.5. The Kier molecular flexibility index (Phi) is 7.99. The molecule has 0 unspecified atom stereocenters. The first-order valence-corrected chi connectivity index (χ1v) is 9.59. The van der Waals surface area contributed by atoms with E-state index in [9.17, 15) is 15.0 Å². The monoisotopic (exact) mass is 388 g/mol. The van der Waals surface area contributed by atoms with Gasteiger partial charge in [0.25, 0.3) is 0 Å². The number of carbonyl (C=O) groups is 1. The summed E-state index contributed by atoms with van der Waals surface area (Å²) in [5, 5.41) is 19.7. The van der Waals surface area contributed by atoms with Gasteiger partial charge in [-0.15, -0.1) is 0 Å². The molecular formula is C22H28O6. The minimum Gasteiger partial charge on any atom is -0.508 e. The van der Waals surface area contributed by atoms with Gasteiger partial charge in [-0.1, -0.05) is 25.5 Å². The van der Waals surface area contributed by atoms with Crippen molar-refractivity contribution in [2.24, 2.45) is 0 Å². The Morgan fingerprint density at radius 2 is 1.39 bits per heavy atom. The predicted molar refractivity (Wildman–Crippen MR) is 106 cm³/mol. The number of hydrogen-bond acceptors (Lipinski definition) is 6. The zero-order valence-corrected chi connectivity index (χ0v) is 16.6. The molecule has 152 valence electrons. The lowest BCUT2D eigenvalue weighted by Gasteiger charge is -2.22. The quantitative estimate of drug-likeness (QED) is 0.464. The fourth-order valence-corrected chi connectivity index (χ4v) is 2.91. The summed E-state index contributed by atoms with van der Waals surface area (Å²) in [5.41, 5.74) is 1.13. The van der Waals surface area contributed by atoms with Crippen LogP contribution in [0.4, 0.5) is 0 Å². The van der Waals surface area contributed by atoms with Crippen molar-refractivity contribution in [3.63, 3.8) is 0 Å².